The number of benzene rings is 2. The van der Waals surface area contributed by atoms with Crippen LogP contribution < -0.4 is 5.73 Å². The summed E-state index contributed by atoms with van der Waals surface area (Å²) < 4.78 is 5.06. The van der Waals surface area contributed by atoms with Gasteiger partial charge in [0, 0.05) is 11.8 Å². The zero-order chi connectivity index (χ0) is 14.5. The average Bonchev–Trinajstić information content (AvgIpc) is 2.45. The van der Waals surface area contributed by atoms with Gasteiger partial charge < -0.3 is 10.5 Å². The quantitative estimate of drug-likeness (QED) is 0.399. The zero-order valence-corrected chi connectivity index (χ0v) is 10.5. The standard InChI is InChI=1S/C14H12N2O4/c15-12-7-3-2-6-11(12)14(17)20-9-10-5-1-4-8-13(10)16(18)19/h1-8H,9,15H2. The van der Waals surface area contributed by atoms with Gasteiger partial charge in [-0.15, -0.1) is 0 Å². The Hall–Kier alpha value is -2.89. The molecule has 2 aromatic carbocycles. The fraction of sp³-hybridized carbons (Fsp3) is 0.0714. The van der Waals surface area contributed by atoms with Crippen LogP contribution in [-0.2, 0) is 11.3 Å². The Morgan fingerprint density at radius 2 is 1.80 bits per heavy atom. The molecule has 0 aromatic heterocycles. The second kappa shape index (κ2) is 5.83. The number of ether oxygens (including phenoxy) is 1. The molecule has 0 spiro atoms. The number of esters is 1. The lowest BCUT2D eigenvalue weighted by Crippen LogP contribution is -2.08. The summed E-state index contributed by atoms with van der Waals surface area (Å²) >= 11 is 0. The molecule has 0 aliphatic rings. The number of nitrogen functional groups attached to an aromatic ring is 1. The van der Waals surface area contributed by atoms with Crippen molar-refractivity contribution >= 4 is 17.3 Å². The topological polar surface area (TPSA) is 95.5 Å². The number of nitro benzene ring substituents is 1. The number of nitro groups is 1. The number of rotatable bonds is 4. The molecule has 0 aliphatic heterocycles. The summed E-state index contributed by atoms with van der Waals surface area (Å²) in [5.41, 5.74) is 6.46. The molecule has 0 radical (unpaired) electrons. The van der Waals surface area contributed by atoms with E-state index in [2.05, 4.69) is 0 Å². The van der Waals surface area contributed by atoms with Crippen LogP contribution >= 0.6 is 0 Å². The third-order valence-electron chi connectivity index (χ3n) is 2.73. The van der Waals surface area contributed by atoms with E-state index in [-0.39, 0.29) is 17.9 Å². The third-order valence-corrected chi connectivity index (χ3v) is 2.73. The molecule has 102 valence electrons. The van der Waals surface area contributed by atoms with Gasteiger partial charge in [-0.2, -0.15) is 0 Å². The Balaban J connectivity index is 2.12. The van der Waals surface area contributed by atoms with E-state index >= 15 is 0 Å². The summed E-state index contributed by atoms with van der Waals surface area (Å²) in [6.45, 7) is -0.176. The van der Waals surface area contributed by atoms with Crippen LogP contribution in [0, 0.1) is 10.1 Å². The Morgan fingerprint density at radius 3 is 2.50 bits per heavy atom. The van der Waals surface area contributed by atoms with E-state index in [4.69, 9.17) is 10.5 Å². The van der Waals surface area contributed by atoms with Gasteiger partial charge >= 0.3 is 5.97 Å². The van der Waals surface area contributed by atoms with Crippen molar-refractivity contribution in [2.24, 2.45) is 0 Å². The average molecular weight is 272 g/mol. The van der Waals surface area contributed by atoms with Crippen LogP contribution in [0.1, 0.15) is 15.9 Å². The monoisotopic (exact) mass is 272 g/mol. The maximum absolute atomic E-state index is 11.8. The van der Waals surface area contributed by atoms with Crippen molar-refractivity contribution in [1.82, 2.24) is 0 Å². The highest BCUT2D eigenvalue weighted by Gasteiger charge is 2.15. The molecule has 2 aromatic rings. The van der Waals surface area contributed by atoms with Crippen molar-refractivity contribution in [2.75, 3.05) is 5.73 Å². The highest BCUT2D eigenvalue weighted by Crippen LogP contribution is 2.19. The summed E-state index contributed by atoms with van der Waals surface area (Å²) in [4.78, 5) is 22.2. The first kappa shape index (κ1) is 13.5. The molecule has 0 saturated carbocycles. The first-order valence-corrected chi connectivity index (χ1v) is 5.83. The second-order valence-corrected chi connectivity index (χ2v) is 4.05. The minimum absolute atomic E-state index is 0.0821. The maximum atomic E-state index is 11.8. The molecule has 0 bridgehead atoms. The second-order valence-electron chi connectivity index (χ2n) is 4.05. The number of anilines is 1. The highest BCUT2D eigenvalue weighted by molar-refractivity contribution is 5.94. The summed E-state index contributed by atoms with van der Waals surface area (Å²) in [7, 11) is 0. The van der Waals surface area contributed by atoms with E-state index in [1.54, 1.807) is 36.4 Å². The van der Waals surface area contributed by atoms with Gasteiger partial charge in [0.2, 0.25) is 0 Å². The van der Waals surface area contributed by atoms with Crippen molar-refractivity contribution < 1.29 is 14.5 Å². The fourth-order valence-corrected chi connectivity index (χ4v) is 1.71. The highest BCUT2D eigenvalue weighted by atomic mass is 16.6. The van der Waals surface area contributed by atoms with Crippen LogP contribution in [0.4, 0.5) is 11.4 Å². The van der Waals surface area contributed by atoms with Gasteiger partial charge in [0.05, 0.1) is 16.1 Å². The molecule has 0 atom stereocenters. The number of hydrogen-bond donors (Lipinski definition) is 1. The predicted molar refractivity (Wildman–Crippen MR) is 73.1 cm³/mol. The van der Waals surface area contributed by atoms with Crippen LogP contribution in [0.5, 0.6) is 0 Å². The predicted octanol–water partition coefficient (Wildman–Crippen LogP) is 2.53. The summed E-state index contributed by atoms with van der Waals surface area (Å²) in [5, 5.41) is 10.8. The first-order valence-electron chi connectivity index (χ1n) is 5.83. The Morgan fingerprint density at radius 1 is 1.15 bits per heavy atom. The molecule has 0 fully saturated rings. The van der Waals surface area contributed by atoms with Gasteiger partial charge in [0.1, 0.15) is 6.61 Å². The third kappa shape index (κ3) is 2.92. The number of hydrogen-bond acceptors (Lipinski definition) is 5. The molecule has 2 rings (SSSR count). The minimum atomic E-state index is -0.610. The van der Waals surface area contributed by atoms with Crippen LogP contribution in [-0.4, -0.2) is 10.9 Å². The number of nitrogens with two attached hydrogens (primary N) is 1. The van der Waals surface area contributed by atoms with Crippen molar-refractivity contribution in [3.8, 4) is 0 Å². The molecule has 6 nitrogen and oxygen atoms in total. The lowest BCUT2D eigenvalue weighted by molar-refractivity contribution is -0.385. The van der Waals surface area contributed by atoms with Gasteiger partial charge in [-0.1, -0.05) is 24.3 Å². The fourth-order valence-electron chi connectivity index (χ4n) is 1.71. The summed E-state index contributed by atoms with van der Waals surface area (Å²) in [6.07, 6.45) is 0. The zero-order valence-electron chi connectivity index (χ0n) is 10.5. The number of carbonyl (C=O) groups is 1. The van der Waals surface area contributed by atoms with Crippen molar-refractivity contribution in [3.63, 3.8) is 0 Å². The van der Waals surface area contributed by atoms with E-state index in [1.165, 1.54) is 12.1 Å². The van der Waals surface area contributed by atoms with E-state index in [0.29, 0.717) is 11.3 Å². The Kier molecular flexibility index (Phi) is 3.95. The van der Waals surface area contributed by atoms with Crippen LogP contribution in [0.2, 0.25) is 0 Å². The van der Waals surface area contributed by atoms with E-state index in [1.807, 2.05) is 0 Å². The molecule has 0 saturated heterocycles. The number of nitrogens with zero attached hydrogens (tertiary/aromatic N) is 1. The number of carbonyl (C=O) groups excluding carboxylic acids is 1. The molecule has 2 N–H and O–H groups in total. The van der Waals surface area contributed by atoms with Gasteiger partial charge in [-0.25, -0.2) is 4.79 Å². The Labute approximate surface area is 114 Å². The lowest BCUT2D eigenvalue weighted by Gasteiger charge is -2.07. The Bertz CT molecular complexity index is 655. The molecule has 20 heavy (non-hydrogen) atoms. The van der Waals surface area contributed by atoms with Crippen molar-refractivity contribution in [2.45, 2.75) is 6.61 Å². The summed E-state index contributed by atoms with van der Waals surface area (Å²) in [6, 6.07) is 12.6. The van der Waals surface area contributed by atoms with E-state index < -0.39 is 10.9 Å². The van der Waals surface area contributed by atoms with Crippen LogP contribution in [0.3, 0.4) is 0 Å². The normalized spacial score (nSPS) is 10.0. The summed E-state index contributed by atoms with van der Waals surface area (Å²) in [5.74, 6) is -0.610. The lowest BCUT2D eigenvalue weighted by atomic mass is 10.2. The molecule has 0 amide bonds. The van der Waals surface area contributed by atoms with Gasteiger partial charge in [0.15, 0.2) is 0 Å². The van der Waals surface area contributed by atoms with Crippen molar-refractivity contribution in [3.05, 3.63) is 69.8 Å². The molecule has 0 unspecified atom stereocenters. The molecular formula is C14H12N2O4. The molecule has 0 aliphatic carbocycles. The molecule has 6 heteroatoms. The maximum Gasteiger partial charge on any atom is 0.340 e. The first-order chi connectivity index (χ1) is 9.59. The smallest absolute Gasteiger partial charge is 0.340 e. The number of para-hydroxylation sites is 2. The van der Waals surface area contributed by atoms with Gasteiger partial charge in [-0.3, -0.25) is 10.1 Å². The minimum Gasteiger partial charge on any atom is -0.457 e. The van der Waals surface area contributed by atoms with Crippen LogP contribution in [0.15, 0.2) is 48.5 Å². The SMILES string of the molecule is Nc1ccccc1C(=O)OCc1ccccc1[N+](=O)[O-]. The molecular weight excluding hydrogens is 260 g/mol. The van der Waals surface area contributed by atoms with E-state index in [9.17, 15) is 14.9 Å². The van der Waals surface area contributed by atoms with Crippen LogP contribution in [0.25, 0.3) is 0 Å². The molecule has 0 heterocycles. The van der Waals surface area contributed by atoms with Gasteiger partial charge in [0.25, 0.3) is 5.69 Å². The van der Waals surface area contributed by atoms with E-state index in [0.717, 1.165) is 0 Å². The largest absolute Gasteiger partial charge is 0.457 e. The van der Waals surface area contributed by atoms with Crippen molar-refractivity contribution in [1.29, 1.82) is 0 Å². The van der Waals surface area contributed by atoms with Gasteiger partial charge in [-0.05, 0) is 18.2 Å².